The first-order chi connectivity index (χ1) is 26.1. The number of nitrogens with one attached hydrogen (secondary N) is 3. The molecule has 1 aliphatic carbocycles. The minimum absolute atomic E-state index is 0.169. The Morgan fingerprint density at radius 3 is 2.24 bits per heavy atom. The third-order valence-corrected chi connectivity index (χ3v) is 13.0. The number of anilines is 2. The molecule has 2 aliphatic rings. The van der Waals surface area contributed by atoms with Gasteiger partial charge in [0.15, 0.2) is 0 Å². The van der Waals surface area contributed by atoms with Crippen LogP contribution in [-0.2, 0) is 10.0 Å². The molecule has 3 aromatic carbocycles. The molecule has 2 heterocycles. The fraction of sp³-hybridized carbons (Fsp3) is 0.375. The summed E-state index contributed by atoms with van der Waals surface area (Å²) in [5.74, 6) is -0.418. The van der Waals surface area contributed by atoms with Gasteiger partial charge in [0.05, 0.1) is 9.82 Å². The number of pyridine rings is 1. The van der Waals surface area contributed by atoms with Gasteiger partial charge in [-0.25, -0.2) is 13.1 Å². The molecule has 2 amide bonds. The number of piperidine rings is 1. The molecule has 1 saturated heterocycles. The first-order valence-corrected chi connectivity index (χ1v) is 20.9. The number of sulfonamides is 1. The van der Waals surface area contributed by atoms with E-state index in [2.05, 4.69) is 25.2 Å². The molecule has 1 aromatic heterocycles. The molecule has 1 spiro atoms. The zero-order chi connectivity index (χ0) is 38.0. The molecular formula is C40H46N6O6S2. The summed E-state index contributed by atoms with van der Waals surface area (Å²) >= 11 is 1.60. The van der Waals surface area contributed by atoms with Crippen LogP contribution in [0.25, 0.3) is 0 Å². The Morgan fingerprint density at radius 2 is 1.56 bits per heavy atom. The van der Waals surface area contributed by atoms with Crippen LogP contribution in [0.15, 0.2) is 107 Å². The third-order valence-electron chi connectivity index (χ3n) is 10.4. The quantitative estimate of drug-likeness (QED) is 0.0452. The molecule has 2 fully saturated rings. The lowest BCUT2D eigenvalue weighted by atomic mass is 9.77. The third kappa shape index (κ3) is 10.2. The predicted octanol–water partition coefficient (Wildman–Crippen LogP) is 7.44. The van der Waals surface area contributed by atoms with E-state index in [0.717, 1.165) is 49.0 Å². The molecule has 14 heteroatoms. The van der Waals surface area contributed by atoms with Crippen LogP contribution >= 0.6 is 11.8 Å². The minimum atomic E-state index is -4.43. The van der Waals surface area contributed by atoms with E-state index in [1.54, 1.807) is 48.4 Å². The predicted molar refractivity (Wildman–Crippen MR) is 212 cm³/mol. The van der Waals surface area contributed by atoms with E-state index >= 15 is 0 Å². The lowest BCUT2D eigenvalue weighted by Crippen LogP contribution is -2.38. The number of carbonyl (C=O) groups is 2. The van der Waals surface area contributed by atoms with E-state index in [1.807, 2.05) is 42.5 Å². The number of unbranched alkanes of at least 4 members (excludes halogenated alkanes) is 1. The second-order valence-corrected chi connectivity index (χ2v) is 16.8. The van der Waals surface area contributed by atoms with Crippen molar-refractivity contribution in [2.45, 2.75) is 73.6 Å². The summed E-state index contributed by atoms with van der Waals surface area (Å²) in [5, 5.41) is 18.4. The maximum Gasteiger partial charge on any atom is 0.293 e. The Balaban J connectivity index is 1.08. The highest BCUT2D eigenvalue weighted by Crippen LogP contribution is 2.46. The van der Waals surface area contributed by atoms with Gasteiger partial charge in [0.25, 0.3) is 27.5 Å². The average Bonchev–Trinajstić information content (AvgIpc) is 3.65. The number of carbonyl (C=O) groups excluding carboxylic acids is 2. The number of nitrogens with zero attached hydrogens (tertiary/aromatic N) is 3. The fourth-order valence-electron chi connectivity index (χ4n) is 7.33. The molecule has 1 aliphatic heterocycles. The number of nitro benzene ring substituents is 1. The van der Waals surface area contributed by atoms with Gasteiger partial charge >= 0.3 is 0 Å². The Bertz CT molecular complexity index is 2000. The SMILES string of the molecule is O=C(NCCCCC(CSc1ccccc1)Nc1ccc(S(=O)(=O)NC(=O)c2ccc(N3CCC4(CCCC4)CC3)cc2)cc1[N+](=O)[O-])c1ccncc1. The molecule has 12 nitrogen and oxygen atoms in total. The van der Waals surface area contributed by atoms with Gasteiger partial charge in [-0.15, -0.1) is 11.8 Å². The van der Waals surface area contributed by atoms with Gasteiger partial charge < -0.3 is 15.5 Å². The summed E-state index contributed by atoms with van der Waals surface area (Å²) in [7, 11) is -4.43. The second-order valence-electron chi connectivity index (χ2n) is 14.1. The number of hydrogen-bond acceptors (Lipinski definition) is 10. The van der Waals surface area contributed by atoms with E-state index in [9.17, 15) is 28.1 Å². The summed E-state index contributed by atoms with van der Waals surface area (Å²) in [6, 6.07) is 23.4. The van der Waals surface area contributed by atoms with Crippen LogP contribution < -0.4 is 20.3 Å². The average molecular weight is 771 g/mol. The number of rotatable bonds is 16. The molecule has 1 unspecified atom stereocenters. The first kappa shape index (κ1) is 38.8. The molecule has 1 saturated carbocycles. The van der Waals surface area contributed by atoms with Crippen molar-refractivity contribution in [1.82, 2.24) is 15.0 Å². The van der Waals surface area contributed by atoms with E-state index in [-0.39, 0.29) is 28.1 Å². The van der Waals surface area contributed by atoms with Crippen molar-refractivity contribution >= 4 is 50.7 Å². The normalized spacial score (nSPS) is 15.7. The molecular weight excluding hydrogens is 725 g/mol. The van der Waals surface area contributed by atoms with Crippen LogP contribution in [0.3, 0.4) is 0 Å². The number of aromatic nitrogens is 1. The molecule has 0 bridgehead atoms. The number of amides is 2. The summed E-state index contributed by atoms with van der Waals surface area (Å²) in [4.78, 5) is 44.0. The van der Waals surface area contributed by atoms with E-state index < -0.39 is 26.5 Å². The number of thioether (sulfide) groups is 1. The molecule has 284 valence electrons. The van der Waals surface area contributed by atoms with Gasteiger partial charge in [-0.2, -0.15) is 0 Å². The van der Waals surface area contributed by atoms with E-state index in [1.165, 1.54) is 37.8 Å². The Morgan fingerprint density at radius 1 is 0.870 bits per heavy atom. The number of hydrogen-bond donors (Lipinski definition) is 3. The summed E-state index contributed by atoms with van der Waals surface area (Å²) < 4.78 is 28.8. The fourth-order valence-corrected chi connectivity index (χ4v) is 9.32. The van der Waals surface area contributed by atoms with E-state index in [0.29, 0.717) is 36.1 Å². The summed E-state index contributed by atoms with van der Waals surface area (Å²) in [6.07, 6.45) is 12.7. The monoisotopic (exact) mass is 770 g/mol. The van der Waals surface area contributed by atoms with Crippen molar-refractivity contribution in [2.75, 3.05) is 35.6 Å². The molecule has 0 radical (unpaired) electrons. The Labute approximate surface area is 320 Å². The highest BCUT2D eigenvalue weighted by atomic mass is 32.2. The van der Waals surface area contributed by atoms with Crippen LogP contribution in [0, 0.1) is 15.5 Å². The topological polar surface area (TPSA) is 164 Å². The molecule has 6 rings (SSSR count). The van der Waals surface area contributed by atoms with Gasteiger partial charge in [-0.1, -0.05) is 31.0 Å². The van der Waals surface area contributed by atoms with Gasteiger partial charge in [-0.05, 0) is 111 Å². The second kappa shape index (κ2) is 17.9. The Kier molecular flexibility index (Phi) is 12.9. The summed E-state index contributed by atoms with van der Waals surface area (Å²) in [5.41, 5.74) is 1.93. The largest absolute Gasteiger partial charge is 0.376 e. The minimum Gasteiger partial charge on any atom is -0.376 e. The molecule has 54 heavy (non-hydrogen) atoms. The van der Waals surface area contributed by atoms with Crippen molar-refractivity contribution in [1.29, 1.82) is 0 Å². The van der Waals surface area contributed by atoms with Gasteiger partial charge in [0.2, 0.25) is 0 Å². The van der Waals surface area contributed by atoms with Crippen LogP contribution in [0.2, 0.25) is 0 Å². The van der Waals surface area contributed by atoms with Crippen LogP contribution in [0.5, 0.6) is 0 Å². The standard InChI is InChI=1S/C40H46N6O6S2/c47-38(31-17-24-41-25-18-31)42-23-7-4-8-32(29-53-34-9-2-1-3-10-34)43-36-16-15-35(28-37(36)46(49)50)54(51,52)44-39(48)30-11-13-33(14-12-30)45-26-21-40(22-27-45)19-5-6-20-40/h1-3,9-18,24-25,28,32,43H,4-8,19-23,26-27,29H2,(H,42,47)(H,44,48). The lowest BCUT2D eigenvalue weighted by molar-refractivity contribution is -0.384. The van der Waals surface area contributed by atoms with Crippen LogP contribution in [0.4, 0.5) is 17.1 Å². The molecule has 1 atom stereocenters. The van der Waals surface area contributed by atoms with Gasteiger partial charge in [0.1, 0.15) is 5.69 Å². The van der Waals surface area contributed by atoms with Crippen LogP contribution in [-0.4, -0.2) is 61.6 Å². The molecule has 4 aromatic rings. The van der Waals surface area contributed by atoms with Gasteiger partial charge in [-0.3, -0.25) is 24.7 Å². The zero-order valence-corrected chi connectivity index (χ0v) is 31.7. The summed E-state index contributed by atoms with van der Waals surface area (Å²) in [6.45, 7) is 2.38. The van der Waals surface area contributed by atoms with Crippen molar-refractivity contribution in [2.24, 2.45) is 5.41 Å². The van der Waals surface area contributed by atoms with Crippen molar-refractivity contribution in [3.8, 4) is 0 Å². The first-order valence-electron chi connectivity index (χ1n) is 18.4. The number of benzene rings is 3. The van der Waals surface area contributed by atoms with Crippen LogP contribution in [0.1, 0.15) is 78.5 Å². The molecule has 3 N–H and O–H groups in total. The zero-order valence-electron chi connectivity index (χ0n) is 30.1. The number of nitro groups is 1. The smallest absolute Gasteiger partial charge is 0.293 e. The maximum atomic E-state index is 13.3. The van der Waals surface area contributed by atoms with E-state index in [4.69, 9.17) is 0 Å². The highest BCUT2D eigenvalue weighted by molar-refractivity contribution is 7.99. The van der Waals surface area contributed by atoms with Crippen molar-refractivity contribution < 1.29 is 22.9 Å². The van der Waals surface area contributed by atoms with Gasteiger partial charge in [0, 0.05) is 71.6 Å². The Hall–Kier alpha value is -4.95. The highest BCUT2D eigenvalue weighted by Gasteiger charge is 2.37. The maximum absolute atomic E-state index is 13.3. The van der Waals surface area contributed by atoms with Crippen molar-refractivity contribution in [3.05, 3.63) is 119 Å². The van der Waals surface area contributed by atoms with Crippen molar-refractivity contribution in [3.63, 3.8) is 0 Å². The lowest BCUT2D eigenvalue weighted by Gasteiger charge is -2.40.